The van der Waals surface area contributed by atoms with E-state index in [1.165, 1.54) is 199 Å². The van der Waals surface area contributed by atoms with Crippen molar-refractivity contribution >= 4 is 11.9 Å². The van der Waals surface area contributed by atoms with Crippen molar-refractivity contribution in [3.05, 3.63) is 48.6 Å². The Morgan fingerprint density at radius 1 is 0.420 bits per heavy atom. The van der Waals surface area contributed by atoms with Crippen LogP contribution in [0.15, 0.2) is 48.6 Å². The zero-order chi connectivity index (χ0) is 50.2. The summed E-state index contributed by atoms with van der Waals surface area (Å²) in [6.07, 6.45) is 70.4. The highest BCUT2D eigenvalue weighted by Crippen LogP contribution is 2.18. The lowest BCUT2D eigenvalue weighted by atomic mass is 10.0. The number of esters is 1. The van der Waals surface area contributed by atoms with E-state index >= 15 is 0 Å². The van der Waals surface area contributed by atoms with Gasteiger partial charge in [0.25, 0.3) is 0 Å². The fourth-order valence-corrected chi connectivity index (χ4v) is 9.30. The molecule has 404 valence electrons. The molecular formula is C63H117NO5. The van der Waals surface area contributed by atoms with Gasteiger partial charge in [-0.15, -0.1) is 0 Å². The Hall–Kier alpha value is -2.18. The van der Waals surface area contributed by atoms with Crippen LogP contribution in [-0.2, 0) is 14.3 Å². The molecule has 0 aliphatic carbocycles. The second kappa shape index (κ2) is 56.7. The van der Waals surface area contributed by atoms with Gasteiger partial charge in [-0.3, -0.25) is 9.59 Å². The second-order valence-corrected chi connectivity index (χ2v) is 20.8. The summed E-state index contributed by atoms with van der Waals surface area (Å²) in [4.78, 5) is 26.3. The summed E-state index contributed by atoms with van der Waals surface area (Å²) < 4.78 is 5.95. The van der Waals surface area contributed by atoms with E-state index in [2.05, 4.69) is 74.7 Å². The fourth-order valence-electron chi connectivity index (χ4n) is 9.30. The van der Waals surface area contributed by atoms with Gasteiger partial charge in [0.1, 0.15) is 6.10 Å². The van der Waals surface area contributed by atoms with Crippen molar-refractivity contribution in [1.82, 2.24) is 5.32 Å². The zero-order valence-corrected chi connectivity index (χ0v) is 46.2. The molecule has 6 nitrogen and oxygen atoms in total. The Morgan fingerprint density at radius 3 is 1.14 bits per heavy atom. The van der Waals surface area contributed by atoms with Crippen molar-refractivity contribution < 1.29 is 24.5 Å². The molecule has 0 aromatic carbocycles. The van der Waals surface area contributed by atoms with Crippen molar-refractivity contribution in [2.75, 3.05) is 6.61 Å². The van der Waals surface area contributed by atoms with Crippen molar-refractivity contribution in [3.63, 3.8) is 0 Å². The number of hydrogen-bond donors (Lipinski definition) is 3. The maximum atomic E-state index is 13.3. The predicted octanol–water partition coefficient (Wildman–Crippen LogP) is 19.0. The van der Waals surface area contributed by atoms with E-state index in [9.17, 15) is 19.8 Å². The predicted molar refractivity (Wildman–Crippen MR) is 301 cm³/mol. The maximum absolute atomic E-state index is 13.3. The minimum atomic E-state index is -0.802. The van der Waals surface area contributed by atoms with Gasteiger partial charge in [-0.1, -0.05) is 288 Å². The van der Waals surface area contributed by atoms with Crippen LogP contribution in [0.2, 0.25) is 0 Å². The van der Waals surface area contributed by atoms with Gasteiger partial charge in [0, 0.05) is 6.42 Å². The molecule has 0 saturated heterocycles. The zero-order valence-electron chi connectivity index (χ0n) is 46.2. The number of rotatable bonds is 55. The van der Waals surface area contributed by atoms with E-state index in [1.54, 1.807) is 0 Å². The first-order chi connectivity index (χ1) is 34.0. The number of allylic oxidation sites excluding steroid dienone is 8. The molecule has 0 bridgehead atoms. The van der Waals surface area contributed by atoms with E-state index in [1.807, 2.05) is 0 Å². The van der Waals surface area contributed by atoms with Gasteiger partial charge >= 0.3 is 5.97 Å². The van der Waals surface area contributed by atoms with Crippen LogP contribution >= 0.6 is 0 Å². The minimum absolute atomic E-state index is 0.0433. The van der Waals surface area contributed by atoms with Crippen LogP contribution in [-0.4, -0.2) is 46.9 Å². The topological polar surface area (TPSA) is 95.9 Å². The Morgan fingerprint density at radius 2 is 0.754 bits per heavy atom. The minimum Gasteiger partial charge on any atom is -0.462 e. The van der Waals surface area contributed by atoms with Crippen LogP contribution in [0.3, 0.4) is 0 Å². The monoisotopic (exact) mass is 968 g/mol. The van der Waals surface area contributed by atoms with Gasteiger partial charge in [0.15, 0.2) is 0 Å². The molecule has 69 heavy (non-hydrogen) atoms. The molecule has 0 radical (unpaired) electrons. The highest BCUT2D eigenvalue weighted by molar-refractivity contribution is 5.77. The highest BCUT2D eigenvalue weighted by Gasteiger charge is 2.24. The summed E-state index contributed by atoms with van der Waals surface area (Å²) in [5, 5.41) is 23.9. The Labute approximate surface area is 429 Å². The van der Waals surface area contributed by atoms with E-state index < -0.39 is 18.2 Å². The third kappa shape index (κ3) is 52.0. The van der Waals surface area contributed by atoms with Crippen LogP contribution in [0.1, 0.15) is 316 Å². The van der Waals surface area contributed by atoms with E-state index in [0.717, 1.165) is 70.6 Å². The molecule has 0 saturated carbocycles. The summed E-state index contributed by atoms with van der Waals surface area (Å²) >= 11 is 0. The van der Waals surface area contributed by atoms with Crippen molar-refractivity contribution in [2.24, 2.45) is 0 Å². The second-order valence-electron chi connectivity index (χ2n) is 20.8. The van der Waals surface area contributed by atoms with Gasteiger partial charge in [-0.2, -0.15) is 0 Å². The number of carbonyl (C=O) groups excluding carboxylic acids is 2. The molecular weight excluding hydrogens is 851 g/mol. The van der Waals surface area contributed by atoms with Crippen molar-refractivity contribution in [2.45, 2.75) is 334 Å². The smallest absolute Gasteiger partial charge is 0.306 e. The molecule has 0 aromatic heterocycles. The number of ether oxygens (including phenoxy) is 1. The van der Waals surface area contributed by atoms with E-state index in [4.69, 9.17) is 4.74 Å². The third-order valence-corrected chi connectivity index (χ3v) is 13.9. The molecule has 0 fully saturated rings. The molecule has 6 heteroatoms. The maximum Gasteiger partial charge on any atom is 0.306 e. The fraction of sp³-hybridized carbons (Fsp3) is 0.841. The highest BCUT2D eigenvalue weighted by atomic mass is 16.5. The molecule has 0 aromatic rings. The largest absolute Gasteiger partial charge is 0.462 e. The quantitative estimate of drug-likeness (QED) is 0.0321. The number of hydrogen-bond acceptors (Lipinski definition) is 5. The number of aliphatic hydroxyl groups is 2. The normalized spacial score (nSPS) is 13.4. The number of nitrogens with one attached hydrogen (secondary N) is 1. The van der Waals surface area contributed by atoms with Crippen molar-refractivity contribution in [1.29, 1.82) is 0 Å². The first kappa shape index (κ1) is 66.8. The summed E-state index contributed by atoms with van der Waals surface area (Å²) in [7, 11) is 0. The molecule has 0 spiro atoms. The Kier molecular flexibility index (Phi) is 54.9. The third-order valence-electron chi connectivity index (χ3n) is 13.9. The number of unbranched alkanes of at least 4 members (excludes halogenated alkanes) is 35. The number of carbonyl (C=O) groups is 2. The summed E-state index contributed by atoms with van der Waals surface area (Å²) in [6.45, 7) is 6.48. The summed E-state index contributed by atoms with van der Waals surface area (Å²) in [5.74, 6) is -0.512. The molecule has 3 atom stereocenters. The average molecular weight is 969 g/mol. The molecule has 0 aliphatic rings. The van der Waals surface area contributed by atoms with Crippen molar-refractivity contribution in [3.8, 4) is 0 Å². The SMILES string of the molecule is CCCCC/C=C\C/C=C\C/C=C\C/C=C\CCCC(CC(=O)NC(CO)C(O)CCCCCCCCCCCCCCCCCCC)OC(=O)CCCCCCCCCCCCCCCCCC. The molecule has 0 heterocycles. The standard InChI is InChI=1S/C63H117NO5/c1-4-7-10-13-16-19-22-25-28-31-33-36-39-42-45-48-51-54-59(69-63(68)56-53-50-47-44-41-38-35-30-27-24-21-18-15-12-9-6-3)57-62(67)64-60(58-65)61(66)55-52-49-46-43-40-37-34-32-29-26-23-20-17-14-11-8-5-2/h16,19,25,28,33,36,42,45,59-61,65-66H,4-15,17-18,20-24,26-27,29-32,34-35,37-41,43-44,46-58H2,1-3H3,(H,64,67)/b19-16-,28-25-,36-33-,45-42-. The molecule has 3 N–H and O–H groups in total. The summed E-state index contributed by atoms with van der Waals surface area (Å²) in [6, 6.07) is -0.719. The number of amides is 1. The Bertz CT molecular complexity index is 1180. The van der Waals surface area contributed by atoms with Crippen LogP contribution in [0.5, 0.6) is 0 Å². The molecule has 3 unspecified atom stereocenters. The van der Waals surface area contributed by atoms with Gasteiger partial charge in [-0.25, -0.2) is 0 Å². The van der Waals surface area contributed by atoms with Gasteiger partial charge in [-0.05, 0) is 64.2 Å². The van der Waals surface area contributed by atoms with Crippen LogP contribution in [0, 0.1) is 0 Å². The molecule has 0 rings (SSSR count). The van der Waals surface area contributed by atoms with E-state index in [0.29, 0.717) is 19.3 Å². The Balaban J connectivity index is 4.60. The van der Waals surface area contributed by atoms with E-state index in [-0.39, 0.29) is 24.9 Å². The van der Waals surface area contributed by atoms with Crippen LogP contribution in [0.4, 0.5) is 0 Å². The number of aliphatic hydroxyl groups excluding tert-OH is 2. The lowest BCUT2D eigenvalue weighted by molar-refractivity contribution is -0.151. The lowest BCUT2D eigenvalue weighted by Gasteiger charge is -2.24. The molecule has 1 amide bonds. The average Bonchev–Trinajstić information content (AvgIpc) is 3.34. The first-order valence-corrected chi connectivity index (χ1v) is 30.4. The summed E-state index contributed by atoms with van der Waals surface area (Å²) in [5.41, 5.74) is 0. The van der Waals surface area contributed by atoms with Crippen LogP contribution in [0.25, 0.3) is 0 Å². The lowest BCUT2D eigenvalue weighted by Crippen LogP contribution is -2.46. The first-order valence-electron chi connectivity index (χ1n) is 30.4. The molecule has 0 aliphatic heterocycles. The van der Waals surface area contributed by atoms with Gasteiger partial charge in [0.05, 0.1) is 25.2 Å². The van der Waals surface area contributed by atoms with Gasteiger partial charge < -0.3 is 20.3 Å². The van der Waals surface area contributed by atoms with Crippen LogP contribution < -0.4 is 5.32 Å². The van der Waals surface area contributed by atoms with Gasteiger partial charge in [0.2, 0.25) is 5.91 Å².